The number of benzene rings is 1. The van der Waals surface area contributed by atoms with E-state index in [9.17, 15) is 4.79 Å². The molecule has 2 atom stereocenters. The Bertz CT molecular complexity index is 850. The van der Waals surface area contributed by atoms with E-state index in [1.54, 1.807) is 13.1 Å². The highest BCUT2D eigenvalue weighted by atomic mass is 16.7. The van der Waals surface area contributed by atoms with Gasteiger partial charge in [0.05, 0.1) is 11.7 Å². The molecule has 1 aromatic carbocycles. The number of rotatable bonds is 7. The van der Waals surface area contributed by atoms with Crippen LogP contribution in [0.15, 0.2) is 42.6 Å². The van der Waals surface area contributed by atoms with E-state index >= 15 is 0 Å². The lowest BCUT2D eigenvalue weighted by atomic mass is 9.86. The predicted molar refractivity (Wildman–Crippen MR) is 115 cm³/mol. The normalized spacial score (nSPS) is 18.7. The van der Waals surface area contributed by atoms with Gasteiger partial charge in [-0.3, -0.25) is 9.78 Å². The summed E-state index contributed by atoms with van der Waals surface area (Å²) in [5.74, 6) is 2.69. The van der Waals surface area contributed by atoms with Crippen LogP contribution in [0.3, 0.4) is 0 Å². The van der Waals surface area contributed by atoms with Gasteiger partial charge >= 0.3 is 0 Å². The summed E-state index contributed by atoms with van der Waals surface area (Å²) in [5, 5.41) is 3.13. The van der Waals surface area contributed by atoms with Crippen molar-refractivity contribution in [1.82, 2.24) is 15.2 Å². The zero-order valence-electron chi connectivity index (χ0n) is 17.8. The molecule has 4 rings (SSSR count). The van der Waals surface area contributed by atoms with Gasteiger partial charge in [-0.15, -0.1) is 0 Å². The van der Waals surface area contributed by atoms with Crippen LogP contribution in [0, 0.1) is 11.8 Å². The molecule has 2 aromatic rings. The van der Waals surface area contributed by atoms with Crippen molar-refractivity contribution in [2.45, 2.75) is 39.2 Å². The monoisotopic (exact) mass is 409 g/mol. The average Bonchev–Trinajstić information content (AvgIpc) is 3.21. The minimum Gasteiger partial charge on any atom is -0.454 e. The maximum Gasteiger partial charge on any atom is 0.231 e. The number of nitrogens with one attached hydrogen (secondary N) is 1. The van der Waals surface area contributed by atoms with E-state index in [-0.39, 0.29) is 11.9 Å². The first-order chi connectivity index (χ1) is 14.6. The Labute approximate surface area is 178 Å². The van der Waals surface area contributed by atoms with Crippen molar-refractivity contribution >= 4 is 5.91 Å². The third-order valence-corrected chi connectivity index (χ3v) is 6.06. The molecule has 1 fully saturated rings. The fraction of sp³-hybridized carbons (Fsp3) is 0.500. The Morgan fingerprint density at radius 1 is 1.20 bits per heavy atom. The highest BCUT2D eigenvalue weighted by molar-refractivity contribution is 5.73. The molecular formula is C24H31N3O3. The van der Waals surface area contributed by atoms with Gasteiger partial charge in [0.2, 0.25) is 12.7 Å². The first-order valence-electron chi connectivity index (χ1n) is 10.9. The van der Waals surface area contributed by atoms with Crippen LogP contribution >= 0.6 is 0 Å². The molecule has 3 heterocycles. The van der Waals surface area contributed by atoms with Crippen molar-refractivity contribution in [1.29, 1.82) is 0 Å². The maximum atomic E-state index is 11.8. The highest BCUT2D eigenvalue weighted by Gasteiger charge is 2.29. The van der Waals surface area contributed by atoms with Crippen LogP contribution in [0.4, 0.5) is 0 Å². The summed E-state index contributed by atoms with van der Waals surface area (Å²) in [6, 6.07) is 12.2. The lowest BCUT2D eigenvalue weighted by molar-refractivity contribution is -0.120. The molecule has 1 aromatic heterocycles. The zero-order chi connectivity index (χ0) is 20.9. The minimum atomic E-state index is -0.00286. The smallest absolute Gasteiger partial charge is 0.231 e. The van der Waals surface area contributed by atoms with Crippen molar-refractivity contribution in [2.24, 2.45) is 11.8 Å². The molecule has 0 radical (unpaired) electrons. The molecular weight excluding hydrogens is 378 g/mol. The summed E-state index contributed by atoms with van der Waals surface area (Å²) in [6.07, 6.45) is 4.96. The van der Waals surface area contributed by atoms with Crippen molar-refractivity contribution in [3.63, 3.8) is 0 Å². The number of likely N-dealkylation sites (tertiary alicyclic amines) is 1. The van der Waals surface area contributed by atoms with E-state index in [1.165, 1.54) is 5.56 Å². The van der Waals surface area contributed by atoms with Crippen molar-refractivity contribution < 1.29 is 14.3 Å². The fourth-order valence-corrected chi connectivity index (χ4v) is 4.66. The molecule has 1 amide bonds. The van der Waals surface area contributed by atoms with Gasteiger partial charge in [0.1, 0.15) is 0 Å². The molecule has 0 aliphatic carbocycles. The van der Waals surface area contributed by atoms with Gasteiger partial charge < -0.3 is 19.7 Å². The van der Waals surface area contributed by atoms with Crippen LogP contribution in [0.5, 0.6) is 11.5 Å². The van der Waals surface area contributed by atoms with Crippen LogP contribution in [0.25, 0.3) is 0 Å². The standard InChI is InChI=1S/C24H31N3O3/c1-17(13-19-6-7-22-23(14-19)30-16-29-22)15-27-11-8-20(9-12-27)24(26-18(2)28)21-5-3-4-10-25-21/h3-7,10,14,17,20,24H,8-9,11-13,15-16H2,1-2H3,(H,26,28)/t17-,24+/m1/s1. The number of fused-ring (bicyclic) bond motifs is 1. The highest BCUT2D eigenvalue weighted by Crippen LogP contribution is 2.34. The van der Waals surface area contributed by atoms with Crippen LogP contribution in [-0.4, -0.2) is 42.2 Å². The number of hydrogen-bond donors (Lipinski definition) is 1. The van der Waals surface area contributed by atoms with Gasteiger partial charge in [-0.05, 0) is 74.0 Å². The molecule has 6 heteroatoms. The van der Waals surface area contributed by atoms with Gasteiger partial charge in [0, 0.05) is 19.7 Å². The van der Waals surface area contributed by atoms with E-state index in [2.05, 4.69) is 34.3 Å². The van der Waals surface area contributed by atoms with Crippen molar-refractivity contribution in [2.75, 3.05) is 26.4 Å². The largest absolute Gasteiger partial charge is 0.454 e. The summed E-state index contributed by atoms with van der Waals surface area (Å²) in [4.78, 5) is 18.8. The Balaban J connectivity index is 1.29. The molecule has 6 nitrogen and oxygen atoms in total. The summed E-state index contributed by atoms with van der Waals surface area (Å²) in [7, 11) is 0. The van der Waals surface area contributed by atoms with E-state index in [1.807, 2.05) is 24.3 Å². The molecule has 0 saturated carbocycles. The molecule has 0 unspecified atom stereocenters. The number of pyridine rings is 1. The third-order valence-electron chi connectivity index (χ3n) is 6.06. The summed E-state index contributed by atoms with van der Waals surface area (Å²) in [5.41, 5.74) is 2.25. The Morgan fingerprint density at radius 2 is 2.00 bits per heavy atom. The zero-order valence-corrected chi connectivity index (χ0v) is 17.8. The maximum absolute atomic E-state index is 11.8. The first-order valence-corrected chi connectivity index (χ1v) is 10.9. The molecule has 30 heavy (non-hydrogen) atoms. The number of hydrogen-bond acceptors (Lipinski definition) is 5. The van der Waals surface area contributed by atoms with Gasteiger partial charge in [0.25, 0.3) is 0 Å². The number of piperidine rings is 1. The Kier molecular flexibility index (Phi) is 6.53. The van der Waals surface area contributed by atoms with Crippen LogP contribution in [-0.2, 0) is 11.2 Å². The lowest BCUT2D eigenvalue weighted by Gasteiger charge is -2.37. The number of carbonyl (C=O) groups is 1. The Hall–Kier alpha value is -2.60. The second-order valence-electron chi connectivity index (χ2n) is 8.57. The first kappa shape index (κ1) is 20.7. The molecule has 0 bridgehead atoms. The second-order valence-corrected chi connectivity index (χ2v) is 8.57. The van der Waals surface area contributed by atoms with E-state index in [4.69, 9.17) is 9.47 Å². The van der Waals surface area contributed by atoms with Gasteiger partial charge in [-0.25, -0.2) is 0 Å². The van der Waals surface area contributed by atoms with Crippen molar-refractivity contribution in [3.05, 3.63) is 53.9 Å². The summed E-state index contributed by atoms with van der Waals surface area (Å²) >= 11 is 0. The molecule has 2 aliphatic rings. The Morgan fingerprint density at radius 3 is 2.73 bits per heavy atom. The number of amides is 1. The average molecular weight is 410 g/mol. The van der Waals surface area contributed by atoms with Gasteiger partial charge in [0.15, 0.2) is 11.5 Å². The lowest BCUT2D eigenvalue weighted by Crippen LogP contribution is -2.42. The van der Waals surface area contributed by atoms with Gasteiger partial charge in [-0.2, -0.15) is 0 Å². The van der Waals surface area contributed by atoms with Crippen LogP contribution in [0.1, 0.15) is 44.0 Å². The van der Waals surface area contributed by atoms with E-state index < -0.39 is 0 Å². The van der Waals surface area contributed by atoms with Gasteiger partial charge in [-0.1, -0.05) is 19.1 Å². The van der Waals surface area contributed by atoms with E-state index in [0.29, 0.717) is 18.6 Å². The SMILES string of the molecule is CC(=O)N[C@H](c1ccccn1)C1CCN(C[C@H](C)Cc2ccc3c(c2)OCO3)CC1. The molecule has 2 aliphatic heterocycles. The fourth-order valence-electron chi connectivity index (χ4n) is 4.66. The summed E-state index contributed by atoms with van der Waals surface area (Å²) in [6.45, 7) is 7.41. The second kappa shape index (κ2) is 9.47. The quantitative estimate of drug-likeness (QED) is 0.757. The third kappa shape index (κ3) is 5.11. The number of aromatic nitrogens is 1. The predicted octanol–water partition coefficient (Wildman–Crippen LogP) is 3.58. The molecule has 160 valence electrons. The molecule has 1 N–H and O–H groups in total. The van der Waals surface area contributed by atoms with Crippen LogP contribution in [0.2, 0.25) is 0 Å². The van der Waals surface area contributed by atoms with Crippen molar-refractivity contribution in [3.8, 4) is 11.5 Å². The molecule has 0 spiro atoms. The topological polar surface area (TPSA) is 63.7 Å². The number of nitrogens with zero attached hydrogens (tertiary/aromatic N) is 2. The minimum absolute atomic E-state index is 0.00286. The number of ether oxygens (including phenoxy) is 2. The van der Waals surface area contributed by atoms with Crippen LogP contribution < -0.4 is 14.8 Å². The molecule has 1 saturated heterocycles. The number of carbonyl (C=O) groups excluding carboxylic acids is 1. The van der Waals surface area contributed by atoms with E-state index in [0.717, 1.165) is 56.1 Å². The summed E-state index contributed by atoms with van der Waals surface area (Å²) < 4.78 is 10.9.